The van der Waals surface area contributed by atoms with Gasteiger partial charge in [-0.25, -0.2) is 0 Å². The lowest BCUT2D eigenvalue weighted by Crippen LogP contribution is -2.46. The van der Waals surface area contributed by atoms with Gasteiger partial charge in [0.25, 0.3) is 0 Å². The van der Waals surface area contributed by atoms with Crippen molar-refractivity contribution in [2.24, 2.45) is 10.4 Å². The van der Waals surface area contributed by atoms with Gasteiger partial charge < -0.3 is 15.1 Å². The minimum Gasteiger partial charge on any atom is -0.357 e. The molecule has 0 radical (unpaired) electrons. The molecule has 0 atom stereocenters. The quantitative estimate of drug-likeness (QED) is 0.666. The molecule has 0 aromatic heterocycles. The van der Waals surface area contributed by atoms with Crippen LogP contribution >= 0.6 is 0 Å². The lowest BCUT2D eigenvalue weighted by Gasteiger charge is -2.33. The van der Waals surface area contributed by atoms with E-state index in [2.05, 4.69) is 41.4 Å². The molecule has 1 fully saturated rings. The molecule has 1 aliphatic carbocycles. The second kappa shape index (κ2) is 8.11. The number of guanidine groups is 1. The number of carbonyl (C=O) groups is 1. The second-order valence-electron chi connectivity index (χ2n) is 7.80. The van der Waals surface area contributed by atoms with Crippen LogP contribution in [-0.4, -0.2) is 55.4 Å². The number of nitrogens with zero attached hydrogens (tertiary/aromatic N) is 3. The van der Waals surface area contributed by atoms with Crippen molar-refractivity contribution >= 4 is 11.9 Å². The van der Waals surface area contributed by atoms with Gasteiger partial charge in [-0.05, 0) is 37.3 Å². The van der Waals surface area contributed by atoms with Crippen LogP contribution in [0, 0.1) is 5.41 Å². The fourth-order valence-corrected chi connectivity index (χ4v) is 4.29. The first-order chi connectivity index (χ1) is 12.6. The molecule has 0 unspecified atom stereocenters. The predicted molar refractivity (Wildman–Crippen MR) is 106 cm³/mol. The molecule has 1 heterocycles. The van der Waals surface area contributed by atoms with Gasteiger partial charge >= 0.3 is 0 Å². The maximum absolute atomic E-state index is 12.8. The molecule has 26 heavy (non-hydrogen) atoms. The van der Waals surface area contributed by atoms with Crippen molar-refractivity contribution in [1.82, 2.24) is 15.1 Å². The number of benzene rings is 1. The van der Waals surface area contributed by atoms with Crippen LogP contribution < -0.4 is 5.32 Å². The van der Waals surface area contributed by atoms with E-state index in [-0.39, 0.29) is 11.3 Å². The Morgan fingerprint density at radius 3 is 2.58 bits per heavy atom. The first kappa shape index (κ1) is 18.7. The fourth-order valence-electron chi connectivity index (χ4n) is 4.29. The Labute approximate surface area is 157 Å². The highest BCUT2D eigenvalue weighted by atomic mass is 16.2. The number of hydrogen-bond donors (Lipinski definition) is 1. The largest absolute Gasteiger partial charge is 0.357 e. The van der Waals surface area contributed by atoms with Gasteiger partial charge in [0, 0.05) is 33.7 Å². The monoisotopic (exact) mass is 356 g/mol. The summed E-state index contributed by atoms with van der Waals surface area (Å²) in [5.41, 5.74) is 2.51. The van der Waals surface area contributed by atoms with Crippen LogP contribution in [0.15, 0.2) is 29.3 Å². The third-order valence-corrected chi connectivity index (χ3v) is 5.72. The molecule has 3 rings (SSSR count). The number of carbonyl (C=O) groups excluding carboxylic acids is 1. The summed E-state index contributed by atoms with van der Waals surface area (Å²) in [7, 11) is 3.72. The Kier molecular flexibility index (Phi) is 5.84. The molecule has 0 spiro atoms. The van der Waals surface area contributed by atoms with Crippen molar-refractivity contribution < 1.29 is 4.79 Å². The maximum Gasteiger partial charge on any atom is 0.230 e. The summed E-state index contributed by atoms with van der Waals surface area (Å²) in [6, 6.07) is 8.65. The topological polar surface area (TPSA) is 47.9 Å². The number of aliphatic imine (C=N–C) groups is 1. The summed E-state index contributed by atoms with van der Waals surface area (Å²) in [5, 5.41) is 3.44. The highest BCUT2D eigenvalue weighted by Crippen LogP contribution is 2.39. The van der Waals surface area contributed by atoms with Crippen LogP contribution in [0.1, 0.15) is 43.7 Å². The molecule has 0 saturated heterocycles. The Hall–Kier alpha value is -2.04. The van der Waals surface area contributed by atoms with E-state index in [1.807, 2.05) is 14.1 Å². The van der Waals surface area contributed by atoms with Gasteiger partial charge in [0.1, 0.15) is 0 Å². The molecule has 1 aromatic rings. The van der Waals surface area contributed by atoms with Crippen LogP contribution in [0.4, 0.5) is 0 Å². The zero-order valence-corrected chi connectivity index (χ0v) is 16.4. The summed E-state index contributed by atoms with van der Waals surface area (Å²) in [6.07, 6.45) is 5.21. The molecule has 5 nitrogen and oxygen atoms in total. The third kappa shape index (κ3) is 3.87. The van der Waals surface area contributed by atoms with Crippen molar-refractivity contribution in [2.45, 2.75) is 45.6 Å². The number of hydrogen-bond acceptors (Lipinski definition) is 2. The van der Waals surface area contributed by atoms with Crippen molar-refractivity contribution in [3.63, 3.8) is 0 Å². The zero-order chi connectivity index (χ0) is 18.6. The Balaban J connectivity index is 1.78. The van der Waals surface area contributed by atoms with E-state index in [1.165, 1.54) is 11.1 Å². The van der Waals surface area contributed by atoms with E-state index in [1.54, 1.807) is 4.90 Å². The van der Waals surface area contributed by atoms with Crippen LogP contribution in [0.3, 0.4) is 0 Å². The van der Waals surface area contributed by atoms with E-state index in [0.717, 1.165) is 57.7 Å². The fraction of sp³-hybridized carbons (Fsp3) is 0.619. The van der Waals surface area contributed by atoms with Crippen molar-refractivity contribution in [1.29, 1.82) is 0 Å². The van der Waals surface area contributed by atoms with E-state index < -0.39 is 0 Å². The van der Waals surface area contributed by atoms with Crippen LogP contribution in [0.2, 0.25) is 0 Å². The summed E-state index contributed by atoms with van der Waals surface area (Å²) in [6.45, 7) is 5.38. The Morgan fingerprint density at radius 2 is 1.92 bits per heavy atom. The van der Waals surface area contributed by atoms with Crippen molar-refractivity contribution in [3.8, 4) is 0 Å². The second-order valence-corrected chi connectivity index (χ2v) is 7.80. The van der Waals surface area contributed by atoms with Gasteiger partial charge in [-0.3, -0.25) is 9.79 Å². The molecule has 1 saturated carbocycles. The minimum absolute atomic E-state index is 0.235. The smallest absolute Gasteiger partial charge is 0.230 e. The molecule has 2 aliphatic rings. The first-order valence-electron chi connectivity index (χ1n) is 9.87. The predicted octanol–water partition coefficient (Wildman–Crippen LogP) is 2.66. The van der Waals surface area contributed by atoms with E-state index in [0.29, 0.717) is 6.54 Å². The number of amides is 1. The highest BCUT2D eigenvalue weighted by Gasteiger charge is 2.42. The molecule has 1 aliphatic heterocycles. The van der Waals surface area contributed by atoms with Gasteiger partial charge in [-0.15, -0.1) is 0 Å². The normalized spacial score (nSPS) is 19.2. The zero-order valence-electron chi connectivity index (χ0n) is 16.4. The molecule has 142 valence electrons. The molecule has 1 amide bonds. The van der Waals surface area contributed by atoms with Gasteiger partial charge in [0.2, 0.25) is 5.91 Å². The highest BCUT2D eigenvalue weighted by molar-refractivity contribution is 5.84. The van der Waals surface area contributed by atoms with Crippen LogP contribution in [0.5, 0.6) is 0 Å². The molecular formula is C21H32N4O. The number of nitrogens with one attached hydrogen (secondary N) is 1. The third-order valence-electron chi connectivity index (χ3n) is 5.72. The summed E-state index contributed by atoms with van der Waals surface area (Å²) < 4.78 is 0. The summed E-state index contributed by atoms with van der Waals surface area (Å²) in [5.74, 6) is 1.18. The molecule has 5 heteroatoms. The molecule has 1 aromatic carbocycles. The minimum atomic E-state index is -0.308. The molecular weight excluding hydrogens is 324 g/mol. The average Bonchev–Trinajstić information content (AvgIpc) is 3.14. The van der Waals surface area contributed by atoms with E-state index in [9.17, 15) is 4.79 Å². The van der Waals surface area contributed by atoms with E-state index in [4.69, 9.17) is 4.99 Å². The standard InChI is InChI=1S/C21H32N4O/c1-4-22-20(25-14-11-17-9-5-6-10-18(17)15-25)23-16-21(12-7-8-13-21)19(26)24(2)3/h5-6,9-10H,4,7-8,11-16H2,1-3H3,(H,22,23). The first-order valence-corrected chi connectivity index (χ1v) is 9.87. The maximum atomic E-state index is 12.8. The van der Waals surface area contributed by atoms with Crippen molar-refractivity contribution in [3.05, 3.63) is 35.4 Å². The van der Waals surface area contributed by atoms with Gasteiger partial charge in [-0.2, -0.15) is 0 Å². The SMILES string of the molecule is CCNC(=NCC1(C(=O)N(C)C)CCCC1)N1CCc2ccccc2C1. The summed E-state index contributed by atoms with van der Waals surface area (Å²) in [4.78, 5) is 21.8. The molecule has 0 bridgehead atoms. The van der Waals surface area contributed by atoms with Gasteiger partial charge in [0.05, 0.1) is 12.0 Å². The number of fused-ring (bicyclic) bond motifs is 1. The van der Waals surface area contributed by atoms with Crippen LogP contribution in [-0.2, 0) is 17.8 Å². The van der Waals surface area contributed by atoms with Gasteiger partial charge in [-0.1, -0.05) is 37.1 Å². The van der Waals surface area contributed by atoms with Gasteiger partial charge in [0.15, 0.2) is 5.96 Å². The Morgan fingerprint density at radius 1 is 1.23 bits per heavy atom. The van der Waals surface area contributed by atoms with E-state index >= 15 is 0 Å². The molecule has 1 N–H and O–H groups in total. The lowest BCUT2D eigenvalue weighted by atomic mass is 9.85. The average molecular weight is 357 g/mol. The summed E-state index contributed by atoms with van der Waals surface area (Å²) >= 11 is 0. The Bertz CT molecular complexity index is 662. The van der Waals surface area contributed by atoms with Crippen molar-refractivity contribution in [2.75, 3.05) is 33.7 Å². The van der Waals surface area contributed by atoms with Crippen LogP contribution in [0.25, 0.3) is 0 Å². The lowest BCUT2D eigenvalue weighted by molar-refractivity contribution is -0.138. The number of rotatable bonds is 4.